The van der Waals surface area contributed by atoms with Crippen molar-refractivity contribution in [3.05, 3.63) is 0 Å². The Morgan fingerprint density at radius 2 is 1.44 bits per heavy atom. The van der Waals surface area contributed by atoms with Gasteiger partial charge in [0.2, 0.25) is 0 Å². The molecule has 2 aliphatic rings. The molecule has 6 nitrogen and oxygen atoms in total. The molecule has 0 aromatic carbocycles. The fourth-order valence-corrected chi connectivity index (χ4v) is 19.6. The summed E-state index contributed by atoms with van der Waals surface area (Å²) in [5.41, 5.74) is 0.545. The van der Waals surface area contributed by atoms with Gasteiger partial charge in [-0.3, -0.25) is 0 Å². The average Bonchev–Trinajstić information content (AvgIpc) is 2.57. The Morgan fingerprint density at radius 3 is 1.83 bits per heavy atom. The standard InChI is InChI=1S/C8H16Cl2N4O2P2/c1-11-7(15)12(2)18(6-10,17(11)5-9)13(3)8(16)14(18)4/h5-6H2,1-4H3. The van der Waals surface area contributed by atoms with Gasteiger partial charge in [0, 0.05) is 0 Å². The minimum atomic E-state index is -3.10. The van der Waals surface area contributed by atoms with Gasteiger partial charge >= 0.3 is 117 Å². The van der Waals surface area contributed by atoms with Crippen LogP contribution in [-0.2, 0) is 0 Å². The molecule has 4 amide bonds. The normalized spacial score (nSPS) is 31.7. The van der Waals surface area contributed by atoms with Crippen molar-refractivity contribution in [3.63, 3.8) is 0 Å². The molecule has 104 valence electrons. The zero-order valence-electron chi connectivity index (χ0n) is 10.7. The van der Waals surface area contributed by atoms with Crippen molar-refractivity contribution < 1.29 is 9.59 Å². The van der Waals surface area contributed by atoms with Crippen LogP contribution in [-0.4, -0.2) is 70.2 Å². The Morgan fingerprint density at radius 1 is 1.00 bits per heavy atom. The summed E-state index contributed by atoms with van der Waals surface area (Å²) in [6.45, 7) is -3.10. The second-order valence-corrected chi connectivity index (χ2v) is 15.5. The van der Waals surface area contributed by atoms with Crippen LogP contribution in [0.4, 0.5) is 9.59 Å². The summed E-state index contributed by atoms with van der Waals surface area (Å²) in [6, 6.07) is -0.229. The van der Waals surface area contributed by atoms with Gasteiger partial charge in [0.25, 0.3) is 0 Å². The number of carbonyl (C=O) groups excluding carboxylic acids is 2. The van der Waals surface area contributed by atoms with Gasteiger partial charge in [0.1, 0.15) is 0 Å². The molecule has 2 heterocycles. The van der Waals surface area contributed by atoms with Gasteiger partial charge in [-0.05, 0) is 0 Å². The van der Waals surface area contributed by atoms with E-state index in [0.717, 1.165) is 0 Å². The molecule has 18 heavy (non-hydrogen) atoms. The van der Waals surface area contributed by atoms with Crippen molar-refractivity contribution in [1.29, 1.82) is 0 Å². The Bertz CT molecular complexity index is 425. The number of carbonyl (C=O) groups is 2. The van der Waals surface area contributed by atoms with Crippen molar-refractivity contribution in [2.24, 2.45) is 0 Å². The van der Waals surface area contributed by atoms with E-state index in [9.17, 15) is 9.59 Å². The third-order valence-corrected chi connectivity index (χ3v) is 20.6. The SMILES string of the molecule is CN1C(=O)N(C)P2(CCl)(N(C)C(=O)N2C)P1CCl. The predicted molar refractivity (Wildman–Crippen MR) is 77.1 cm³/mol. The number of urea groups is 2. The minimum absolute atomic E-state index is 0.110. The van der Waals surface area contributed by atoms with Gasteiger partial charge in [-0.1, -0.05) is 0 Å². The molecule has 2 aliphatic heterocycles. The fourth-order valence-electron chi connectivity index (χ4n) is 2.84. The zero-order valence-corrected chi connectivity index (χ0v) is 14.0. The van der Waals surface area contributed by atoms with Gasteiger partial charge in [-0.15, -0.1) is 0 Å². The molecule has 1 atom stereocenters. The Kier molecular flexibility index (Phi) is 3.19. The van der Waals surface area contributed by atoms with Crippen LogP contribution in [0.3, 0.4) is 0 Å². The fraction of sp³-hybridized carbons (Fsp3) is 0.750. The predicted octanol–water partition coefficient (Wildman–Crippen LogP) is 2.98. The van der Waals surface area contributed by atoms with Crippen LogP contribution in [0.5, 0.6) is 0 Å². The van der Waals surface area contributed by atoms with Gasteiger partial charge in [-0.25, -0.2) is 0 Å². The molecule has 2 rings (SSSR count). The van der Waals surface area contributed by atoms with Crippen LogP contribution < -0.4 is 0 Å². The van der Waals surface area contributed by atoms with Crippen LogP contribution in [0, 0.1) is 0 Å². The summed E-state index contributed by atoms with van der Waals surface area (Å²) >= 11 is 12.4. The average molecular weight is 333 g/mol. The van der Waals surface area contributed by atoms with Crippen molar-refractivity contribution in [3.8, 4) is 0 Å². The zero-order chi connectivity index (χ0) is 13.9. The maximum atomic E-state index is 12.3. The van der Waals surface area contributed by atoms with E-state index in [2.05, 4.69) is 0 Å². The van der Waals surface area contributed by atoms with E-state index in [-0.39, 0.29) is 17.7 Å². The first-order valence-corrected chi connectivity index (χ1v) is 10.8. The third-order valence-electron chi connectivity index (χ3n) is 4.09. The van der Waals surface area contributed by atoms with E-state index >= 15 is 0 Å². The molecular weight excluding hydrogens is 317 g/mol. The molecule has 2 saturated heterocycles. The van der Waals surface area contributed by atoms with Crippen molar-refractivity contribution in [2.75, 3.05) is 39.4 Å². The second kappa shape index (κ2) is 3.99. The van der Waals surface area contributed by atoms with E-state index in [1.807, 2.05) is 0 Å². The first-order chi connectivity index (χ1) is 8.30. The number of nitrogens with zero attached hydrogens (tertiary/aromatic N) is 4. The van der Waals surface area contributed by atoms with E-state index in [1.165, 1.54) is 0 Å². The number of halogens is 2. The first kappa shape index (κ1) is 14.4. The van der Waals surface area contributed by atoms with Crippen molar-refractivity contribution in [1.82, 2.24) is 18.7 Å². The van der Waals surface area contributed by atoms with Crippen LogP contribution in [0.25, 0.3) is 0 Å². The summed E-state index contributed by atoms with van der Waals surface area (Å²) in [5, 5.41) is 0. The summed E-state index contributed by atoms with van der Waals surface area (Å²) in [4.78, 5) is 24.2. The number of rotatable bonds is 2. The molecule has 0 aromatic rings. The molecule has 0 aliphatic carbocycles. The summed E-state index contributed by atoms with van der Waals surface area (Å²) in [5.74, 6) is 0. The third kappa shape index (κ3) is 1.07. The molecule has 0 bridgehead atoms. The van der Waals surface area contributed by atoms with E-state index < -0.39 is 14.5 Å². The molecule has 0 aromatic heterocycles. The van der Waals surface area contributed by atoms with Crippen molar-refractivity contribution >= 4 is 49.8 Å². The van der Waals surface area contributed by atoms with Crippen LogP contribution in [0.2, 0.25) is 0 Å². The molecule has 1 spiro atoms. The van der Waals surface area contributed by atoms with Crippen LogP contribution >= 0.6 is 37.7 Å². The topological polar surface area (TPSA) is 47.1 Å². The Hall–Kier alpha value is -0.0200. The summed E-state index contributed by atoms with van der Waals surface area (Å²) in [7, 11) is 5.85. The Balaban J connectivity index is 2.69. The molecular formula is C8H16Cl2N4O2P2. The Labute approximate surface area is 118 Å². The van der Waals surface area contributed by atoms with Crippen LogP contribution in [0.1, 0.15) is 0 Å². The molecule has 0 N–H and O–H groups in total. The summed E-state index contributed by atoms with van der Waals surface area (Å²) in [6.07, 6.45) is 0. The van der Waals surface area contributed by atoms with E-state index in [4.69, 9.17) is 23.2 Å². The number of amides is 4. The maximum absolute atomic E-state index is 12.3. The van der Waals surface area contributed by atoms with Gasteiger partial charge in [0.15, 0.2) is 0 Å². The molecule has 1 unspecified atom stereocenters. The quantitative estimate of drug-likeness (QED) is 0.576. The van der Waals surface area contributed by atoms with E-state index in [0.29, 0.717) is 5.62 Å². The number of hydrogen-bond donors (Lipinski definition) is 0. The number of hydrogen-bond acceptors (Lipinski definition) is 2. The first-order valence-electron chi connectivity index (χ1n) is 5.26. The number of alkyl halides is 2. The monoisotopic (exact) mass is 332 g/mol. The summed E-state index contributed by atoms with van der Waals surface area (Å²) < 4.78 is 6.64. The molecule has 0 saturated carbocycles. The molecule has 2 fully saturated rings. The molecule has 10 heteroatoms. The molecule has 0 radical (unpaired) electrons. The van der Waals surface area contributed by atoms with E-state index in [1.54, 1.807) is 46.9 Å². The second-order valence-electron chi connectivity index (χ2n) is 4.37. The van der Waals surface area contributed by atoms with Gasteiger partial charge in [-0.2, -0.15) is 0 Å². The van der Waals surface area contributed by atoms with Crippen molar-refractivity contribution in [2.45, 2.75) is 0 Å². The van der Waals surface area contributed by atoms with Crippen LogP contribution in [0.15, 0.2) is 0 Å². The van der Waals surface area contributed by atoms with Gasteiger partial charge < -0.3 is 0 Å². The van der Waals surface area contributed by atoms with Gasteiger partial charge in [0.05, 0.1) is 0 Å².